The van der Waals surface area contributed by atoms with Crippen LogP contribution in [0.2, 0.25) is 15.1 Å². The molecule has 0 aromatic heterocycles. The lowest BCUT2D eigenvalue weighted by molar-refractivity contribution is 0.306. The minimum Gasteiger partial charge on any atom is -0.489 e. The molecule has 0 aliphatic heterocycles. The Morgan fingerprint density at radius 1 is 0.933 bits per heavy atom. The second-order valence-corrected chi connectivity index (χ2v) is 9.37. The van der Waals surface area contributed by atoms with E-state index in [-0.39, 0.29) is 16.4 Å². The number of sulfone groups is 1. The van der Waals surface area contributed by atoms with E-state index in [4.69, 9.17) is 39.5 Å². The third-order valence-corrected chi connectivity index (χ3v) is 6.63. The van der Waals surface area contributed by atoms with Crippen LogP contribution in [-0.2, 0) is 16.4 Å². The van der Waals surface area contributed by atoms with Gasteiger partial charge in [-0.3, -0.25) is 0 Å². The van der Waals surface area contributed by atoms with Crippen LogP contribution in [0.15, 0.2) is 76.5 Å². The van der Waals surface area contributed by atoms with Gasteiger partial charge in [0.1, 0.15) is 23.3 Å². The third kappa shape index (κ3) is 5.35. The summed E-state index contributed by atoms with van der Waals surface area (Å²) in [5, 5.41) is 10.8. The van der Waals surface area contributed by atoms with E-state index in [1.807, 2.05) is 0 Å². The molecule has 3 aromatic carbocycles. The lowest BCUT2D eigenvalue weighted by Crippen LogP contribution is -2.03. The maximum absolute atomic E-state index is 12.7. The Balaban J connectivity index is 1.76. The maximum Gasteiger partial charge on any atom is 0.216 e. The summed E-state index contributed by atoms with van der Waals surface area (Å²) in [5.74, 6) is 0.567. The van der Waals surface area contributed by atoms with Crippen LogP contribution in [-0.4, -0.2) is 8.42 Å². The van der Waals surface area contributed by atoms with E-state index in [0.29, 0.717) is 26.4 Å². The number of rotatable bonds is 6. The van der Waals surface area contributed by atoms with Crippen LogP contribution in [0, 0.1) is 11.3 Å². The molecule has 0 aliphatic rings. The van der Waals surface area contributed by atoms with Crippen molar-refractivity contribution < 1.29 is 13.2 Å². The molecule has 152 valence electrons. The zero-order valence-corrected chi connectivity index (χ0v) is 18.4. The fourth-order valence-electron chi connectivity index (χ4n) is 2.52. The van der Waals surface area contributed by atoms with Gasteiger partial charge < -0.3 is 4.74 Å². The summed E-state index contributed by atoms with van der Waals surface area (Å²) in [7, 11) is -3.95. The first-order valence-electron chi connectivity index (χ1n) is 8.59. The average molecular weight is 479 g/mol. The molecule has 0 N–H and O–H groups in total. The first kappa shape index (κ1) is 22.2. The van der Waals surface area contributed by atoms with Gasteiger partial charge >= 0.3 is 0 Å². The second-order valence-electron chi connectivity index (χ2n) is 6.17. The van der Waals surface area contributed by atoms with Gasteiger partial charge in [0.2, 0.25) is 9.84 Å². The highest BCUT2D eigenvalue weighted by molar-refractivity contribution is 7.95. The molecule has 0 heterocycles. The smallest absolute Gasteiger partial charge is 0.216 e. The number of nitriles is 1. The van der Waals surface area contributed by atoms with Gasteiger partial charge in [-0.25, -0.2) is 8.42 Å². The third-order valence-electron chi connectivity index (χ3n) is 4.11. The maximum atomic E-state index is 12.7. The summed E-state index contributed by atoms with van der Waals surface area (Å²) in [6.45, 7) is 0.250. The molecule has 0 amide bonds. The SMILES string of the molecule is N#C/C(=C\c1ccc(OCc2ccc(Cl)cc2Cl)cc1)S(=O)(=O)c1ccc(Cl)cc1. The van der Waals surface area contributed by atoms with Crippen molar-refractivity contribution >= 4 is 50.7 Å². The Kier molecular flexibility index (Phi) is 7.06. The van der Waals surface area contributed by atoms with E-state index in [9.17, 15) is 13.7 Å². The van der Waals surface area contributed by atoms with Crippen LogP contribution in [0.3, 0.4) is 0 Å². The molecule has 0 atom stereocenters. The van der Waals surface area contributed by atoms with Gasteiger partial charge in [-0.05, 0) is 60.2 Å². The normalized spacial score (nSPS) is 11.7. The van der Waals surface area contributed by atoms with E-state index < -0.39 is 9.84 Å². The monoisotopic (exact) mass is 477 g/mol. The summed E-state index contributed by atoms with van der Waals surface area (Å²) in [5.41, 5.74) is 1.33. The minimum atomic E-state index is -3.95. The number of hydrogen-bond acceptors (Lipinski definition) is 4. The van der Waals surface area contributed by atoms with E-state index in [1.165, 1.54) is 30.3 Å². The predicted octanol–water partition coefficient (Wildman–Crippen LogP) is 6.56. The van der Waals surface area contributed by atoms with Gasteiger partial charge in [0, 0.05) is 20.6 Å². The fraction of sp³-hybridized carbons (Fsp3) is 0.0455. The number of hydrogen-bond donors (Lipinski definition) is 0. The van der Waals surface area contributed by atoms with Crippen molar-refractivity contribution in [1.82, 2.24) is 0 Å². The lowest BCUT2D eigenvalue weighted by Gasteiger charge is -2.08. The van der Waals surface area contributed by atoms with Gasteiger partial charge in [-0.2, -0.15) is 5.26 Å². The summed E-state index contributed by atoms with van der Waals surface area (Å²) < 4.78 is 31.1. The summed E-state index contributed by atoms with van der Waals surface area (Å²) in [4.78, 5) is -0.370. The Morgan fingerprint density at radius 3 is 2.17 bits per heavy atom. The van der Waals surface area contributed by atoms with Crippen molar-refractivity contribution in [3.63, 3.8) is 0 Å². The van der Waals surface area contributed by atoms with Gasteiger partial charge in [-0.15, -0.1) is 0 Å². The van der Waals surface area contributed by atoms with Crippen molar-refractivity contribution in [2.75, 3.05) is 0 Å². The highest BCUT2D eigenvalue weighted by atomic mass is 35.5. The molecule has 0 saturated heterocycles. The molecule has 0 aliphatic carbocycles. The molecule has 0 saturated carbocycles. The van der Waals surface area contributed by atoms with Crippen LogP contribution in [0.5, 0.6) is 5.75 Å². The molecule has 30 heavy (non-hydrogen) atoms. The van der Waals surface area contributed by atoms with E-state index in [2.05, 4.69) is 0 Å². The Hall–Kier alpha value is -2.49. The molecule has 8 heteroatoms. The number of ether oxygens (including phenoxy) is 1. The molecule has 3 aromatic rings. The van der Waals surface area contributed by atoms with Crippen LogP contribution < -0.4 is 4.74 Å². The Labute approximate surface area is 189 Å². The summed E-state index contributed by atoms with van der Waals surface area (Å²) in [6.07, 6.45) is 1.31. The zero-order chi connectivity index (χ0) is 21.7. The highest BCUT2D eigenvalue weighted by Crippen LogP contribution is 2.25. The van der Waals surface area contributed by atoms with Crippen LogP contribution in [0.25, 0.3) is 6.08 Å². The minimum absolute atomic E-state index is 0.000466. The van der Waals surface area contributed by atoms with Crippen molar-refractivity contribution in [3.05, 3.63) is 97.8 Å². The fourth-order valence-corrected chi connectivity index (χ4v) is 4.27. The van der Waals surface area contributed by atoms with Gasteiger partial charge in [0.25, 0.3) is 0 Å². The molecular formula is C22H14Cl3NO3S. The summed E-state index contributed by atoms with van der Waals surface area (Å²) >= 11 is 17.8. The van der Waals surface area contributed by atoms with Crippen LogP contribution >= 0.6 is 34.8 Å². The van der Waals surface area contributed by atoms with E-state index in [1.54, 1.807) is 48.5 Å². The van der Waals surface area contributed by atoms with Crippen molar-refractivity contribution in [3.8, 4) is 11.8 Å². The molecular weight excluding hydrogens is 465 g/mol. The number of halogens is 3. The highest BCUT2D eigenvalue weighted by Gasteiger charge is 2.20. The summed E-state index contributed by atoms with van der Waals surface area (Å²) in [6, 6.07) is 19.2. The van der Waals surface area contributed by atoms with Crippen LogP contribution in [0.1, 0.15) is 11.1 Å². The predicted molar refractivity (Wildman–Crippen MR) is 119 cm³/mol. The van der Waals surface area contributed by atoms with Crippen molar-refractivity contribution in [2.24, 2.45) is 0 Å². The zero-order valence-electron chi connectivity index (χ0n) is 15.3. The van der Waals surface area contributed by atoms with Crippen molar-refractivity contribution in [1.29, 1.82) is 5.26 Å². The van der Waals surface area contributed by atoms with Gasteiger partial charge in [-0.1, -0.05) is 53.0 Å². The molecule has 0 spiro atoms. The molecule has 0 unspecified atom stereocenters. The number of nitrogens with zero attached hydrogens (tertiary/aromatic N) is 1. The van der Waals surface area contributed by atoms with E-state index in [0.717, 1.165) is 5.56 Å². The largest absolute Gasteiger partial charge is 0.489 e. The number of benzene rings is 3. The molecule has 0 fully saturated rings. The molecule has 4 nitrogen and oxygen atoms in total. The first-order valence-corrected chi connectivity index (χ1v) is 11.2. The number of allylic oxidation sites excluding steroid dienone is 1. The second kappa shape index (κ2) is 9.55. The van der Waals surface area contributed by atoms with Crippen molar-refractivity contribution in [2.45, 2.75) is 11.5 Å². The molecule has 0 bridgehead atoms. The standard InChI is InChI=1S/C22H14Cl3NO3S/c23-17-5-9-20(10-6-17)30(27,28)21(13-26)11-15-1-7-19(8-2-15)29-14-16-3-4-18(24)12-22(16)25/h1-12H,14H2/b21-11+. The van der Waals surface area contributed by atoms with Crippen LogP contribution in [0.4, 0.5) is 0 Å². The topological polar surface area (TPSA) is 67.2 Å². The van der Waals surface area contributed by atoms with Gasteiger partial charge in [0.15, 0.2) is 0 Å². The molecule has 0 radical (unpaired) electrons. The Bertz CT molecular complexity index is 1230. The lowest BCUT2D eigenvalue weighted by atomic mass is 10.2. The average Bonchev–Trinajstić information content (AvgIpc) is 2.72. The quantitative estimate of drug-likeness (QED) is 0.376. The van der Waals surface area contributed by atoms with Gasteiger partial charge in [0.05, 0.1) is 4.90 Å². The van der Waals surface area contributed by atoms with E-state index >= 15 is 0 Å². The first-order chi connectivity index (χ1) is 14.3. The Morgan fingerprint density at radius 2 is 1.57 bits per heavy atom. The molecule has 3 rings (SSSR count).